The Kier molecular flexibility index (Phi) is 2.15. The lowest BCUT2D eigenvalue weighted by molar-refractivity contribution is 0.405. The number of benzene rings is 4. The molecule has 0 fully saturated rings. The van der Waals surface area contributed by atoms with Gasteiger partial charge in [-0.3, -0.25) is 0 Å². The van der Waals surface area contributed by atoms with E-state index in [1.165, 1.54) is 10.8 Å². The largest absolute Gasteiger partial charge is 0.504 e. The first kappa shape index (κ1) is 11.1. The van der Waals surface area contributed by atoms with Gasteiger partial charge in [-0.1, -0.05) is 36.4 Å². The van der Waals surface area contributed by atoms with Gasteiger partial charge in [0.15, 0.2) is 11.5 Å². The molecule has 0 unspecified atom stereocenters. The van der Waals surface area contributed by atoms with Crippen LogP contribution in [0.4, 0.5) is 0 Å². The zero-order valence-electron chi connectivity index (χ0n) is 10.7. The van der Waals surface area contributed by atoms with Crippen molar-refractivity contribution in [1.29, 1.82) is 0 Å². The molecule has 0 saturated carbocycles. The second-order valence-corrected chi connectivity index (χ2v) is 5.05. The van der Waals surface area contributed by atoms with Crippen molar-refractivity contribution in [2.75, 3.05) is 0 Å². The second-order valence-electron chi connectivity index (χ2n) is 5.05. The highest BCUT2D eigenvalue weighted by Gasteiger charge is 2.06. The van der Waals surface area contributed by atoms with E-state index in [4.69, 9.17) is 0 Å². The molecular weight excluding hydrogens is 248 g/mol. The summed E-state index contributed by atoms with van der Waals surface area (Å²) < 4.78 is 0. The van der Waals surface area contributed by atoms with E-state index in [1.54, 1.807) is 12.1 Å². The van der Waals surface area contributed by atoms with E-state index in [0.717, 1.165) is 21.5 Å². The molecule has 4 rings (SSSR count). The van der Waals surface area contributed by atoms with Crippen LogP contribution in [0.25, 0.3) is 32.3 Å². The molecule has 0 aromatic heterocycles. The molecule has 0 amide bonds. The van der Waals surface area contributed by atoms with Crippen molar-refractivity contribution in [3.05, 3.63) is 60.7 Å². The maximum absolute atomic E-state index is 9.74. The Morgan fingerprint density at radius 1 is 0.500 bits per heavy atom. The lowest BCUT2D eigenvalue weighted by atomic mass is 9.98. The zero-order chi connectivity index (χ0) is 13.7. The molecule has 0 atom stereocenters. The van der Waals surface area contributed by atoms with E-state index in [9.17, 15) is 10.2 Å². The average Bonchev–Trinajstić information content (AvgIpc) is 2.47. The van der Waals surface area contributed by atoms with Crippen LogP contribution in [-0.2, 0) is 0 Å². The fourth-order valence-corrected chi connectivity index (χ4v) is 2.77. The summed E-state index contributed by atoms with van der Waals surface area (Å²) in [5.74, 6) is -0.171. The molecule has 0 aliphatic rings. The second kappa shape index (κ2) is 3.87. The van der Waals surface area contributed by atoms with Gasteiger partial charge in [0.05, 0.1) is 0 Å². The van der Waals surface area contributed by atoms with Gasteiger partial charge in [0, 0.05) is 0 Å². The molecule has 0 radical (unpaired) electrons. The van der Waals surface area contributed by atoms with Gasteiger partial charge in [0.2, 0.25) is 0 Å². The average molecular weight is 260 g/mol. The zero-order valence-corrected chi connectivity index (χ0v) is 10.7. The van der Waals surface area contributed by atoms with Crippen molar-refractivity contribution >= 4 is 32.3 Å². The standard InChI is InChI=1S/C18H12O2/c19-17-9-14-6-5-13-7-11-3-1-2-4-12(11)8-15(13)16(14)10-18(17)20/h1-10,19-20H. The van der Waals surface area contributed by atoms with E-state index in [2.05, 4.69) is 24.3 Å². The number of hydrogen-bond donors (Lipinski definition) is 2. The molecule has 96 valence electrons. The molecule has 20 heavy (non-hydrogen) atoms. The molecule has 0 heterocycles. The van der Waals surface area contributed by atoms with E-state index < -0.39 is 0 Å². The van der Waals surface area contributed by atoms with Gasteiger partial charge in [-0.15, -0.1) is 0 Å². The molecule has 0 spiro atoms. The highest BCUT2D eigenvalue weighted by atomic mass is 16.3. The number of phenols is 2. The van der Waals surface area contributed by atoms with Gasteiger partial charge in [0.25, 0.3) is 0 Å². The van der Waals surface area contributed by atoms with Gasteiger partial charge in [-0.2, -0.15) is 0 Å². The minimum absolute atomic E-state index is 0.0850. The summed E-state index contributed by atoms with van der Waals surface area (Å²) in [6.07, 6.45) is 0. The Labute approximate surface area is 115 Å². The highest BCUT2D eigenvalue weighted by molar-refractivity contribution is 6.12. The van der Waals surface area contributed by atoms with Crippen LogP contribution >= 0.6 is 0 Å². The van der Waals surface area contributed by atoms with E-state index >= 15 is 0 Å². The van der Waals surface area contributed by atoms with Crippen molar-refractivity contribution < 1.29 is 10.2 Å². The van der Waals surface area contributed by atoms with Crippen LogP contribution in [0.2, 0.25) is 0 Å². The maximum Gasteiger partial charge on any atom is 0.158 e. The molecule has 4 aromatic carbocycles. The molecule has 2 nitrogen and oxygen atoms in total. The molecule has 0 aliphatic heterocycles. The minimum Gasteiger partial charge on any atom is -0.504 e. The Hall–Kier alpha value is -2.74. The van der Waals surface area contributed by atoms with Gasteiger partial charge in [0.1, 0.15) is 0 Å². The molecule has 4 aromatic rings. The van der Waals surface area contributed by atoms with Crippen molar-refractivity contribution in [1.82, 2.24) is 0 Å². The van der Waals surface area contributed by atoms with Crippen molar-refractivity contribution in [2.24, 2.45) is 0 Å². The number of aromatic hydroxyl groups is 2. The quantitative estimate of drug-likeness (QED) is 0.276. The Morgan fingerprint density at radius 2 is 1.05 bits per heavy atom. The molecule has 0 aliphatic carbocycles. The summed E-state index contributed by atoms with van der Waals surface area (Å²) >= 11 is 0. The summed E-state index contributed by atoms with van der Waals surface area (Å²) in [4.78, 5) is 0. The summed E-state index contributed by atoms with van der Waals surface area (Å²) in [6, 6.07) is 19.7. The smallest absolute Gasteiger partial charge is 0.158 e. The van der Waals surface area contributed by atoms with Crippen LogP contribution in [0.5, 0.6) is 11.5 Å². The third-order valence-corrected chi connectivity index (χ3v) is 3.80. The fraction of sp³-hybridized carbons (Fsp3) is 0. The van der Waals surface area contributed by atoms with E-state index in [1.807, 2.05) is 24.3 Å². The summed E-state index contributed by atoms with van der Waals surface area (Å²) in [5.41, 5.74) is 0. The number of hydrogen-bond acceptors (Lipinski definition) is 2. The fourth-order valence-electron chi connectivity index (χ4n) is 2.77. The predicted octanol–water partition coefficient (Wildman–Crippen LogP) is 4.56. The summed E-state index contributed by atoms with van der Waals surface area (Å²) in [7, 11) is 0. The van der Waals surface area contributed by atoms with Crippen LogP contribution in [0.3, 0.4) is 0 Å². The minimum atomic E-state index is -0.0855. The van der Waals surface area contributed by atoms with Crippen LogP contribution in [0.15, 0.2) is 60.7 Å². The lowest BCUT2D eigenvalue weighted by Gasteiger charge is -2.08. The lowest BCUT2D eigenvalue weighted by Crippen LogP contribution is -1.80. The number of rotatable bonds is 0. The predicted molar refractivity (Wildman–Crippen MR) is 82.3 cm³/mol. The Morgan fingerprint density at radius 3 is 1.80 bits per heavy atom. The highest BCUT2D eigenvalue weighted by Crippen LogP contribution is 2.35. The molecular formula is C18H12O2. The number of fused-ring (bicyclic) bond motifs is 4. The van der Waals surface area contributed by atoms with Crippen molar-refractivity contribution in [3.63, 3.8) is 0 Å². The molecule has 0 bridgehead atoms. The van der Waals surface area contributed by atoms with Crippen molar-refractivity contribution in [3.8, 4) is 11.5 Å². The first-order valence-electron chi connectivity index (χ1n) is 6.49. The molecule has 2 heteroatoms. The van der Waals surface area contributed by atoms with Crippen LogP contribution < -0.4 is 0 Å². The van der Waals surface area contributed by atoms with Gasteiger partial charge in [-0.05, 0) is 56.6 Å². The SMILES string of the molecule is Oc1cc2ccc3cc4ccccc4cc3c2cc1O. The van der Waals surface area contributed by atoms with Crippen LogP contribution in [-0.4, -0.2) is 10.2 Å². The normalized spacial score (nSPS) is 11.4. The summed E-state index contributed by atoms with van der Waals surface area (Å²) in [6.45, 7) is 0. The topological polar surface area (TPSA) is 40.5 Å². The maximum atomic E-state index is 9.74. The first-order valence-corrected chi connectivity index (χ1v) is 6.49. The molecule has 0 saturated heterocycles. The molecule has 2 N–H and O–H groups in total. The van der Waals surface area contributed by atoms with Gasteiger partial charge in [-0.25, -0.2) is 0 Å². The van der Waals surface area contributed by atoms with Crippen LogP contribution in [0, 0.1) is 0 Å². The van der Waals surface area contributed by atoms with Gasteiger partial charge >= 0.3 is 0 Å². The van der Waals surface area contributed by atoms with Crippen LogP contribution in [0.1, 0.15) is 0 Å². The number of phenolic OH excluding ortho intramolecular Hbond substituents is 2. The van der Waals surface area contributed by atoms with E-state index in [-0.39, 0.29) is 11.5 Å². The van der Waals surface area contributed by atoms with Crippen molar-refractivity contribution in [2.45, 2.75) is 0 Å². The third kappa shape index (κ3) is 1.51. The summed E-state index contributed by atoms with van der Waals surface area (Å²) in [5, 5.41) is 25.8. The third-order valence-electron chi connectivity index (χ3n) is 3.80. The first-order chi connectivity index (χ1) is 9.72. The Balaban J connectivity index is 2.22. The monoisotopic (exact) mass is 260 g/mol. The Bertz CT molecular complexity index is 971. The van der Waals surface area contributed by atoms with Gasteiger partial charge < -0.3 is 10.2 Å². The van der Waals surface area contributed by atoms with E-state index in [0.29, 0.717) is 0 Å².